The Labute approximate surface area is 118 Å². The Morgan fingerprint density at radius 1 is 1.29 bits per heavy atom. The van der Waals surface area contributed by atoms with E-state index in [1.807, 2.05) is 0 Å². The largest absolute Gasteiger partial charge is 0.477 e. The Morgan fingerprint density at radius 2 is 2.00 bits per heavy atom. The number of amides is 1. The third kappa shape index (κ3) is 2.94. The van der Waals surface area contributed by atoms with Gasteiger partial charge < -0.3 is 10.4 Å². The first-order chi connectivity index (χ1) is 9.90. The third-order valence-corrected chi connectivity index (χ3v) is 2.94. The first-order valence-electron chi connectivity index (χ1n) is 5.96. The van der Waals surface area contributed by atoms with Gasteiger partial charge in [0.2, 0.25) is 0 Å². The van der Waals surface area contributed by atoms with Crippen molar-refractivity contribution < 1.29 is 14.7 Å². The number of carboxylic acid groups (broad SMARTS) is 1. The molecule has 0 aromatic carbocycles. The highest BCUT2D eigenvalue weighted by atomic mass is 16.4. The van der Waals surface area contributed by atoms with Crippen molar-refractivity contribution in [2.24, 2.45) is 0 Å². The van der Waals surface area contributed by atoms with Gasteiger partial charge in [-0.1, -0.05) is 0 Å². The number of anilines is 1. The summed E-state index contributed by atoms with van der Waals surface area (Å²) in [6.07, 6.45) is 1.21. The van der Waals surface area contributed by atoms with E-state index >= 15 is 0 Å². The zero-order valence-electron chi connectivity index (χ0n) is 11.3. The van der Waals surface area contributed by atoms with Crippen molar-refractivity contribution in [1.29, 1.82) is 0 Å². The van der Waals surface area contributed by atoms with Crippen LogP contribution in [0.25, 0.3) is 0 Å². The SMILES string of the molecule is Cc1n[nH]c(=O)c(C(=O)Nc2ccc(C(=O)O)nc2)c1C. The zero-order valence-corrected chi connectivity index (χ0v) is 11.3. The molecule has 0 aliphatic carbocycles. The fraction of sp³-hybridized carbons (Fsp3) is 0.154. The van der Waals surface area contributed by atoms with Crippen molar-refractivity contribution in [2.75, 3.05) is 5.32 Å². The summed E-state index contributed by atoms with van der Waals surface area (Å²) in [4.78, 5) is 38.2. The number of rotatable bonds is 3. The molecule has 0 aliphatic heterocycles. The molecule has 2 rings (SSSR count). The summed E-state index contributed by atoms with van der Waals surface area (Å²) < 4.78 is 0. The summed E-state index contributed by atoms with van der Waals surface area (Å²) in [6.45, 7) is 3.30. The number of H-pyrrole nitrogens is 1. The van der Waals surface area contributed by atoms with Crippen LogP contribution >= 0.6 is 0 Å². The predicted octanol–water partition coefficient (Wildman–Crippen LogP) is 0.732. The van der Waals surface area contributed by atoms with Crippen LogP contribution in [0.1, 0.15) is 32.1 Å². The summed E-state index contributed by atoms with van der Waals surface area (Å²) in [5.74, 6) is -1.77. The quantitative estimate of drug-likeness (QED) is 0.764. The normalized spacial score (nSPS) is 10.2. The number of aromatic nitrogens is 3. The molecule has 0 radical (unpaired) electrons. The van der Waals surface area contributed by atoms with Crippen molar-refractivity contribution in [2.45, 2.75) is 13.8 Å². The third-order valence-electron chi connectivity index (χ3n) is 2.94. The monoisotopic (exact) mass is 288 g/mol. The van der Waals surface area contributed by atoms with E-state index < -0.39 is 17.4 Å². The Morgan fingerprint density at radius 3 is 2.57 bits per heavy atom. The number of nitrogens with one attached hydrogen (secondary N) is 2. The summed E-state index contributed by atoms with van der Waals surface area (Å²) in [6, 6.07) is 2.65. The molecule has 0 fully saturated rings. The lowest BCUT2D eigenvalue weighted by Crippen LogP contribution is -2.26. The topological polar surface area (TPSA) is 125 Å². The second kappa shape index (κ2) is 5.53. The molecular formula is C13H12N4O4. The molecule has 0 atom stereocenters. The summed E-state index contributed by atoms with van der Waals surface area (Å²) >= 11 is 0. The minimum atomic E-state index is -1.16. The van der Waals surface area contributed by atoms with Gasteiger partial charge in [-0.2, -0.15) is 5.10 Å². The number of hydrogen-bond donors (Lipinski definition) is 3. The maximum absolute atomic E-state index is 12.1. The van der Waals surface area contributed by atoms with Gasteiger partial charge in [0, 0.05) is 0 Å². The van der Waals surface area contributed by atoms with Gasteiger partial charge in [0.05, 0.1) is 17.6 Å². The van der Waals surface area contributed by atoms with Crippen molar-refractivity contribution in [3.05, 3.63) is 51.2 Å². The first kappa shape index (κ1) is 14.4. The lowest BCUT2D eigenvalue weighted by Gasteiger charge is -2.07. The van der Waals surface area contributed by atoms with Crippen LogP contribution in [0.5, 0.6) is 0 Å². The van der Waals surface area contributed by atoms with Crippen LogP contribution in [-0.4, -0.2) is 32.2 Å². The molecule has 2 aromatic rings. The number of nitrogens with zero attached hydrogens (tertiary/aromatic N) is 2. The van der Waals surface area contributed by atoms with E-state index in [9.17, 15) is 14.4 Å². The number of aryl methyl sites for hydroxylation is 1. The van der Waals surface area contributed by atoms with Crippen molar-refractivity contribution in [1.82, 2.24) is 15.2 Å². The molecule has 2 aromatic heterocycles. The molecule has 0 saturated heterocycles. The smallest absolute Gasteiger partial charge is 0.354 e. The van der Waals surface area contributed by atoms with E-state index in [-0.39, 0.29) is 11.3 Å². The molecule has 2 heterocycles. The molecule has 0 saturated carbocycles. The molecule has 21 heavy (non-hydrogen) atoms. The number of carboxylic acids is 1. The highest BCUT2D eigenvalue weighted by Gasteiger charge is 2.16. The Bertz CT molecular complexity index is 765. The summed E-state index contributed by atoms with van der Waals surface area (Å²) in [7, 11) is 0. The molecule has 0 aliphatic rings. The molecule has 8 heteroatoms. The molecule has 0 bridgehead atoms. The van der Waals surface area contributed by atoms with Crippen molar-refractivity contribution >= 4 is 17.6 Å². The average molecular weight is 288 g/mol. The molecule has 3 N–H and O–H groups in total. The predicted molar refractivity (Wildman–Crippen MR) is 73.5 cm³/mol. The molecular weight excluding hydrogens is 276 g/mol. The number of aromatic amines is 1. The first-order valence-corrected chi connectivity index (χ1v) is 5.96. The van der Waals surface area contributed by atoms with Crippen LogP contribution in [0.3, 0.4) is 0 Å². The molecule has 1 amide bonds. The van der Waals surface area contributed by atoms with E-state index in [0.29, 0.717) is 16.9 Å². The van der Waals surface area contributed by atoms with Gasteiger partial charge in [-0.15, -0.1) is 0 Å². The molecule has 0 unspecified atom stereocenters. The Balaban J connectivity index is 2.28. The number of hydrogen-bond acceptors (Lipinski definition) is 5. The minimum absolute atomic E-state index is 0.0372. The standard InChI is InChI=1S/C13H12N4O4/c1-6-7(2)16-17-12(19)10(6)11(18)15-8-3-4-9(13(20)21)14-5-8/h3-5H,1-2H3,(H,15,18)(H,17,19)(H,20,21). The minimum Gasteiger partial charge on any atom is -0.477 e. The Kier molecular flexibility index (Phi) is 3.79. The Hall–Kier alpha value is -3.03. The van der Waals surface area contributed by atoms with E-state index in [1.165, 1.54) is 18.3 Å². The van der Waals surface area contributed by atoms with Gasteiger partial charge in [0.25, 0.3) is 11.5 Å². The second-order valence-corrected chi connectivity index (χ2v) is 4.33. The van der Waals surface area contributed by atoms with Gasteiger partial charge in [-0.05, 0) is 31.5 Å². The van der Waals surface area contributed by atoms with E-state index in [1.54, 1.807) is 13.8 Å². The maximum atomic E-state index is 12.1. The van der Waals surface area contributed by atoms with Crippen LogP contribution in [0.4, 0.5) is 5.69 Å². The van der Waals surface area contributed by atoms with E-state index in [0.717, 1.165) is 0 Å². The van der Waals surface area contributed by atoms with E-state index in [4.69, 9.17) is 5.11 Å². The van der Waals surface area contributed by atoms with Gasteiger partial charge in [-0.25, -0.2) is 14.9 Å². The lowest BCUT2D eigenvalue weighted by molar-refractivity contribution is 0.0690. The second-order valence-electron chi connectivity index (χ2n) is 4.33. The number of pyridine rings is 1. The van der Waals surface area contributed by atoms with Crippen LogP contribution in [0.15, 0.2) is 23.1 Å². The van der Waals surface area contributed by atoms with Crippen molar-refractivity contribution in [3.8, 4) is 0 Å². The molecule has 8 nitrogen and oxygen atoms in total. The highest BCUT2D eigenvalue weighted by molar-refractivity contribution is 6.05. The van der Waals surface area contributed by atoms with E-state index in [2.05, 4.69) is 20.5 Å². The number of aromatic carboxylic acids is 1. The van der Waals surface area contributed by atoms with Crippen LogP contribution in [0.2, 0.25) is 0 Å². The zero-order chi connectivity index (χ0) is 15.6. The van der Waals surface area contributed by atoms with Crippen LogP contribution in [0, 0.1) is 13.8 Å². The highest BCUT2D eigenvalue weighted by Crippen LogP contribution is 2.10. The summed E-state index contributed by atoms with van der Waals surface area (Å²) in [5, 5.41) is 17.2. The van der Waals surface area contributed by atoms with Crippen molar-refractivity contribution in [3.63, 3.8) is 0 Å². The lowest BCUT2D eigenvalue weighted by atomic mass is 10.1. The van der Waals surface area contributed by atoms with Crippen LogP contribution < -0.4 is 10.9 Å². The fourth-order valence-corrected chi connectivity index (χ4v) is 1.69. The maximum Gasteiger partial charge on any atom is 0.354 e. The average Bonchev–Trinajstić information content (AvgIpc) is 2.44. The van der Waals surface area contributed by atoms with Gasteiger partial charge >= 0.3 is 5.97 Å². The number of carbonyl (C=O) groups is 2. The van der Waals surface area contributed by atoms with Gasteiger partial charge in [-0.3, -0.25) is 9.59 Å². The summed E-state index contributed by atoms with van der Waals surface area (Å²) in [5.41, 5.74) is 0.543. The number of carbonyl (C=O) groups excluding carboxylic acids is 1. The van der Waals surface area contributed by atoms with Crippen LogP contribution in [-0.2, 0) is 0 Å². The molecule has 108 valence electrons. The van der Waals surface area contributed by atoms with Gasteiger partial charge in [0.15, 0.2) is 0 Å². The molecule has 0 spiro atoms. The fourth-order valence-electron chi connectivity index (χ4n) is 1.69. The van der Waals surface area contributed by atoms with Gasteiger partial charge in [0.1, 0.15) is 11.3 Å².